The van der Waals surface area contributed by atoms with E-state index in [1.165, 1.54) is 0 Å². The highest BCUT2D eigenvalue weighted by Crippen LogP contribution is 2.17. The Labute approximate surface area is 108 Å². The number of carbonyl (C=O) groups is 1. The zero-order valence-electron chi connectivity index (χ0n) is 10.9. The quantitative estimate of drug-likeness (QED) is 0.893. The molecule has 0 bridgehead atoms. The third-order valence-electron chi connectivity index (χ3n) is 2.19. The second-order valence-electron chi connectivity index (χ2n) is 4.97. The molecular weight excluding hydrogens is 230 g/mol. The van der Waals surface area contributed by atoms with Crippen molar-refractivity contribution in [2.24, 2.45) is 0 Å². The molecule has 0 unspecified atom stereocenters. The molecule has 4 nitrogen and oxygen atoms in total. The van der Waals surface area contributed by atoms with E-state index in [2.05, 4.69) is 11.4 Å². The molecule has 0 heterocycles. The fourth-order valence-electron chi connectivity index (χ4n) is 1.48. The van der Waals surface area contributed by atoms with Crippen molar-refractivity contribution in [3.8, 4) is 6.07 Å². The molecule has 96 valence electrons. The highest BCUT2D eigenvalue weighted by atomic mass is 16.6. The topological polar surface area (TPSA) is 62.1 Å². The first kappa shape index (κ1) is 14.0. The van der Waals surface area contributed by atoms with Crippen LogP contribution >= 0.6 is 0 Å². The van der Waals surface area contributed by atoms with Gasteiger partial charge in [0.2, 0.25) is 0 Å². The first-order chi connectivity index (χ1) is 8.42. The maximum atomic E-state index is 11.7. The minimum absolute atomic E-state index is 0.212. The van der Waals surface area contributed by atoms with Gasteiger partial charge in [0.1, 0.15) is 5.60 Å². The number of alkyl carbamates (subject to hydrolysis) is 1. The Morgan fingerprint density at radius 2 is 2.00 bits per heavy atom. The van der Waals surface area contributed by atoms with Gasteiger partial charge in [0.05, 0.1) is 18.5 Å². The molecule has 0 aliphatic heterocycles. The summed E-state index contributed by atoms with van der Waals surface area (Å²) in [5.41, 5.74) is 0.350. The van der Waals surface area contributed by atoms with E-state index in [1.54, 1.807) is 20.8 Å². The lowest BCUT2D eigenvalue weighted by Gasteiger charge is -2.22. The van der Waals surface area contributed by atoms with Crippen LogP contribution in [0.25, 0.3) is 0 Å². The molecule has 18 heavy (non-hydrogen) atoms. The normalized spacial score (nSPS) is 12.3. The van der Waals surface area contributed by atoms with Crippen molar-refractivity contribution in [1.82, 2.24) is 5.32 Å². The molecule has 1 amide bonds. The summed E-state index contributed by atoms with van der Waals surface area (Å²) < 4.78 is 5.18. The van der Waals surface area contributed by atoms with Crippen LogP contribution in [0.2, 0.25) is 0 Å². The summed E-state index contributed by atoms with van der Waals surface area (Å²) in [6.07, 6.45) is -0.296. The first-order valence-corrected chi connectivity index (χ1v) is 5.84. The van der Waals surface area contributed by atoms with Gasteiger partial charge >= 0.3 is 6.09 Å². The van der Waals surface area contributed by atoms with Crippen LogP contribution in [-0.4, -0.2) is 11.7 Å². The lowest BCUT2D eigenvalue weighted by molar-refractivity contribution is 0.0504. The molecule has 1 rings (SSSR count). The van der Waals surface area contributed by atoms with Gasteiger partial charge in [-0.2, -0.15) is 5.26 Å². The average molecular weight is 248 g/mol. The number of benzene rings is 1. The van der Waals surface area contributed by atoms with Crippen LogP contribution in [0, 0.1) is 11.3 Å². The van der Waals surface area contributed by atoms with Crippen molar-refractivity contribution in [3.05, 3.63) is 35.9 Å². The Bertz CT molecular complexity index is 429. The smallest absolute Gasteiger partial charge is 0.408 e. The zero-order chi connectivity index (χ0) is 13.6. The van der Waals surface area contributed by atoms with Crippen LogP contribution < -0.4 is 5.32 Å². The van der Waals surface area contributed by atoms with Gasteiger partial charge in [0, 0.05) is 0 Å². The van der Waals surface area contributed by atoms with E-state index < -0.39 is 11.7 Å². The molecule has 1 aromatic rings. The van der Waals surface area contributed by atoms with E-state index in [0.717, 1.165) is 5.56 Å². The minimum Gasteiger partial charge on any atom is -0.444 e. The fourth-order valence-corrected chi connectivity index (χ4v) is 1.48. The van der Waals surface area contributed by atoms with Crippen molar-refractivity contribution in [1.29, 1.82) is 5.26 Å². The highest BCUT2D eigenvalue weighted by molar-refractivity contribution is 5.68. The van der Waals surface area contributed by atoms with Crippen LogP contribution in [0.15, 0.2) is 30.3 Å². The SMILES string of the molecule is CC(C)(C)OC(=O)N[C@@H](C[14C]#N)c1ccccc1. The molecule has 1 atom stereocenters. The summed E-state index contributed by atoms with van der Waals surface area (Å²) in [5, 5.41) is 11.5. The average Bonchev–Trinajstić information content (AvgIpc) is 2.27. The highest BCUT2D eigenvalue weighted by Gasteiger charge is 2.20. The van der Waals surface area contributed by atoms with Gasteiger partial charge in [-0.05, 0) is 26.3 Å². The number of rotatable bonds is 3. The van der Waals surface area contributed by atoms with E-state index in [4.69, 9.17) is 10.00 Å². The van der Waals surface area contributed by atoms with Crippen LogP contribution in [-0.2, 0) is 4.74 Å². The molecule has 0 aliphatic carbocycles. The van der Waals surface area contributed by atoms with Gasteiger partial charge in [-0.3, -0.25) is 0 Å². The predicted octanol–water partition coefficient (Wildman–Crippen LogP) is 3.17. The van der Waals surface area contributed by atoms with E-state index >= 15 is 0 Å². The molecule has 0 saturated heterocycles. The standard InChI is InChI=1S/C14H18N2O2/c1-14(2,3)18-13(17)16-12(9-10-15)11-7-5-4-6-8-11/h4-8,12H,9H2,1-3H3,(H,16,17)/t12-/m0/s1/i10+2. The summed E-state index contributed by atoms with van der Waals surface area (Å²) in [6.45, 7) is 5.40. The summed E-state index contributed by atoms with van der Waals surface area (Å²) in [4.78, 5) is 11.7. The second-order valence-corrected chi connectivity index (χ2v) is 4.97. The molecule has 1 N–H and O–H groups in total. The number of hydrogen-bond donors (Lipinski definition) is 1. The molecule has 0 fully saturated rings. The monoisotopic (exact) mass is 248 g/mol. The van der Waals surface area contributed by atoms with Gasteiger partial charge < -0.3 is 10.1 Å². The number of nitrogens with zero attached hydrogens (tertiary/aromatic N) is 1. The minimum atomic E-state index is -0.544. The Balaban J connectivity index is 2.71. The largest absolute Gasteiger partial charge is 0.444 e. The van der Waals surface area contributed by atoms with E-state index in [0.29, 0.717) is 0 Å². The van der Waals surface area contributed by atoms with Crippen molar-refractivity contribution >= 4 is 6.09 Å². The Morgan fingerprint density at radius 3 is 2.50 bits per heavy atom. The fraction of sp³-hybridized carbons (Fsp3) is 0.429. The van der Waals surface area contributed by atoms with Gasteiger partial charge in [0.25, 0.3) is 0 Å². The lowest BCUT2D eigenvalue weighted by atomic mass is 10.1. The second kappa shape index (κ2) is 6.06. The number of carbonyl (C=O) groups excluding carboxylic acids is 1. The number of nitrogens with one attached hydrogen (secondary N) is 1. The lowest BCUT2D eigenvalue weighted by Crippen LogP contribution is -2.34. The summed E-state index contributed by atoms with van der Waals surface area (Å²) in [5.74, 6) is 0. The van der Waals surface area contributed by atoms with Crippen molar-refractivity contribution < 1.29 is 9.53 Å². The number of nitriles is 1. The van der Waals surface area contributed by atoms with Crippen molar-refractivity contribution in [2.45, 2.75) is 38.8 Å². The molecular formula is C14H18N2O2. The molecule has 0 aliphatic rings. The maximum absolute atomic E-state index is 11.7. The molecule has 0 aromatic heterocycles. The van der Waals surface area contributed by atoms with Crippen molar-refractivity contribution in [3.63, 3.8) is 0 Å². The third-order valence-corrected chi connectivity index (χ3v) is 2.19. The van der Waals surface area contributed by atoms with Crippen LogP contribution in [0.3, 0.4) is 0 Å². The zero-order valence-corrected chi connectivity index (χ0v) is 10.9. The third kappa shape index (κ3) is 4.88. The van der Waals surface area contributed by atoms with E-state index in [1.807, 2.05) is 30.3 Å². The summed E-state index contributed by atoms with van der Waals surface area (Å²) in [7, 11) is 0. The number of hydrogen-bond acceptors (Lipinski definition) is 3. The van der Waals surface area contributed by atoms with E-state index in [9.17, 15) is 4.79 Å². The molecule has 0 radical (unpaired) electrons. The van der Waals surface area contributed by atoms with Gasteiger partial charge in [-0.1, -0.05) is 30.3 Å². The maximum Gasteiger partial charge on any atom is 0.408 e. The molecule has 1 aromatic carbocycles. The summed E-state index contributed by atoms with van der Waals surface area (Å²) in [6, 6.07) is 11.1. The van der Waals surface area contributed by atoms with Crippen LogP contribution in [0.4, 0.5) is 4.79 Å². The number of ether oxygens (including phenoxy) is 1. The van der Waals surface area contributed by atoms with Gasteiger partial charge in [-0.25, -0.2) is 4.79 Å². The molecule has 0 saturated carbocycles. The summed E-state index contributed by atoms with van der Waals surface area (Å²) >= 11 is 0. The van der Waals surface area contributed by atoms with Gasteiger partial charge in [0.15, 0.2) is 0 Å². The van der Waals surface area contributed by atoms with Crippen LogP contribution in [0.5, 0.6) is 0 Å². The molecule has 0 spiro atoms. The Kier molecular flexibility index (Phi) is 4.73. The van der Waals surface area contributed by atoms with Crippen molar-refractivity contribution in [2.75, 3.05) is 0 Å². The van der Waals surface area contributed by atoms with Crippen LogP contribution in [0.1, 0.15) is 38.8 Å². The Hall–Kier alpha value is -2.02. The first-order valence-electron chi connectivity index (χ1n) is 5.84. The predicted molar refractivity (Wildman–Crippen MR) is 68.8 cm³/mol. The van der Waals surface area contributed by atoms with Gasteiger partial charge in [-0.15, -0.1) is 0 Å². The number of amides is 1. The van der Waals surface area contributed by atoms with E-state index in [-0.39, 0.29) is 12.5 Å². The Morgan fingerprint density at radius 1 is 1.39 bits per heavy atom. The molecule has 4 heteroatoms.